The van der Waals surface area contributed by atoms with Crippen LogP contribution in [0.2, 0.25) is 0 Å². The van der Waals surface area contributed by atoms with Crippen molar-refractivity contribution in [2.24, 2.45) is 17.8 Å². The zero-order chi connectivity index (χ0) is 13.8. The summed E-state index contributed by atoms with van der Waals surface area (Å²) in [4.78, 5) is 2.84. The van der Waals surface area contributed by atoms with Crippen molar-refractivity contribution in [1.82, 2.24) is 10.2 Å². The standard InChI is InChI=1S/C17H34N2/c1-13(2)19(12-16-7-9-18-10-8-16)17-11-14(3)5-6-15(17)4/h13-18H,5-12H2,1-4H3. The second kappa shape index (κ2) is 7.08. The smallest absolute Gasteiger partial charge is 0.0126 e. The highest BCUT2D eigenvalue weighted by Crippen LogP contribution is 2.33. The van der Waals surface area contributed by atoms with Crippen LogP contribution in [0.25, 0.3) is 0 Å². The van der Waals surface area contributed by atoms with Gasteiger partial charge in [0.25, 0.3) is 0 Å². The van der Waals surface area contributed by atoms with Crippen LogP contribution in [0.15, 0.2) is 0 Å². The zero-order valence-electron chi connectivity index (χ0n) is 13.5. The number of nitrogens with zero attached hydrogens (tertiary/aromatic N) is 1. The van der Waals surface area contributed by atoms with Gasteiger partial charge in [-0.3, -0.25) is 4.90 Å². The maximum absolute atomic E-state index is 3.49. The molecule has 0 aromatic carbocycles. The Bertz CT molecular complexity index is 258. The molecule has 0 spiro atoms. The Morgan fingerprint density at radius 2 is 1.74 bits per heavy atom. The number of rotatable bonds is 4. The minimum absolute atomic E-state index is 0.702. The zero-order valence-corrected chi connectivity index (χ0v) is 13.5. The van der Waals surface area contributed by atoms with Gasteiger partial charge in [0.1, 0.15) is 0 Å². The van der Waals surface area contributed by atoms with E-state index in [4.69, 9.17) is 0 Å². The van der Waals surface area contributed by atoms with E-state index in [1.165, 1.54) is 51.7 Å². The molecule has 1 aliphatic heterocycles. The first-order valence-electron chi connectivity index (χ1n) is 8.54. The maximum Gasteiger partial charge on any atom is 0.0126 e. The van der Waals surface area contributed by atoms with Crippen molar-refractivity contribution in [1.29, 1.82) is 0 Å². The van der Waals surface area contributed by atoms with Gasteiger partial charge in [-0.15, -0.1) is 0 Å². The molecular weight excluding hydrogens is 232 g/mol. The minimum Gasteiger partial charge on any atom is -0.317 e. The monoisotopic (exact) mass is 266 g/mol. The van der Waals surface area contributed by atoms with Crippen LogP contribution in [0, 0.1) is 17.8 Å². The van der Waals surface area contributed by atoms with Crippen molar-refractivity contribution in [3.63, 3.8) is 0 Å². The molecule has 19 heavy (non-hydrogen) atoms. The molecule has 112 valence electrons. The molecule has 0 amide bonds. The van der Waals surface area contributed by atoms with E-state index in [9.17, 15) is 0 Å². The summed E-state index contributed by atoms with van der Waals surface area (Å²) >= 11 is 0. The van der Waals surface area contributed by atoms with Crippen LogP contribution in [-0.4, -0.2) is 36.6 Å². The molecule has 0 bridgehead atoms. The van der Waals surface area contributed by atoms with E-state index in [2.05, 4.69) is 37.9 Å². The second-order valence-corrected chi connectivity index (χ2v) is 7.45. The van der Waals surface area contributed by atoms with Crippen LogP contribution >= 0.6 is 0 Å². The van der Waals surface area contributed by atoms with Gasteiger partial charge in [-0.1, -0.05) is 20.3 Å². The van der Waals surface area contributed by atoms with Crippen molar-refractivity contribution in [3.05, 3.63) is 0 Å². The van der Waals surface area contributed by atoms with Gasteiger partial charge in [-0.05, 0) is 70.4 Å². The van der Waals surface area contributed by atoms with Crippen LogP contribution in [0.3, 0.4) is 0 Å². The van der Waals surface area contributed by atoms with E-state index in [0.29, 0.717) is 6.04 Å². The topological polar surface area (TPSA) is 15.3 Å². The molecule has 1 aliphatic carbocycles. The molecule has 1 N–H and O–H groups in total. The molecule has 3 atom stereocenters. The van der Waals surface area contributed by atoms with Crippen LogP contribution in [-0.2, 0) is 0 Å². The van der Waals surface area contributed by atoms with Gasteiger partial charge in [0.15, 0.2) is 0 Å². The van der Waals surface area contributed by atoms with Gasteiger partial charge in [0, 0.05) is 18.6 Å². The third-order valence-corrected chi connectivity index (χ3v) is 5.43. The molecule has 2 heteroatoms. The molecule has 2 rings (SSSR count). The SMILES string of the molecule is CC1CCC(C)C(N(CC2CCNCC2)C(C)C)C1. The summed E-state index contributed by atoms with van der Waals surface area (Å²) in [6.07, 6.45) is 7.04. The molecule has 2 fully saturated rings. The molecule has 0 aromatic rings. The summed E-state index contributed by atoms with van der Waals surface area (Å²) < 4.78 is 0. The number of hydrogen-bond donors (Lipinski definition) is 1. The van der Waals surface area contributed by atoms with Crippen molar-refractivity contribution >= 4 is 0 Å². The van der Waals surface area contributed by atoms with Crippen LogP contribution in [0.4, 0.5) is 0 Å². The highest BCUT2D eigenvalue weighted by molar-refractivity contribution is 4.87. The Labute approximate surface area is 120 Å². The molecule has 0 radical (unpaired) electrons. The minimum atomic E-state index is 0.702. The van der Waals surface area contributed by atoms with Gasteiger partial charge in [0.05, 0.1) is 0 Å². The largest absolute Gasteiger partial charge is 0.317 e. The second-order valence-electron chi connectivity index (χ2n) is 7.45. The predicted octanol–water partition coefficient (Wildman–Crippen LogP) is 3.52. The molecule has 2 nitrogen and oxygen atoms in total. The molecule has 1 heterocycles. The Morgan fingerprint density at radius 1 is 1.05 bits per heavy atom. The molecule has 3 unspecified atom stereocenters. The fraction of sp³-hybridized carbons (Fsp3) is 1.00. The van der Waals surface area contributed by atoms with Crippen molar-refractivity contribution in [3.8, 4) is 0 Å². The van der Waals surface area contributed by atoms with Crippen LogP contribution in [0.5, 0.6) is 0 Å². The normalized spacial score (nSPS) is 34.1. The summed E-state index contributed by atoms with van der Waals surface area (Å²) in [6, 6.07) is 1.53. The quantitative estimate of drug-likeness (QED) is 0.837. The third kappa shape index (κ3) is 4.19. The predicted molar refractivity (Wildman–Crippen MR) is 83.4 cm³/mol. The van der Waals surface area contributed by atoms with E-state index >= 15 is 0 Å². The number of nitrogens with one attached hydrogen (secondary N) is 1. The first kappa shape index (κ1) is 15.3. The summed E-state index contributed by atoms with van der Waals surface area (Å²) in [6.45, 7) is 13.5. The van der Waals surface area contributed by atoms with Gasteiger partial charge < -0.3 is 5.32 Å². The van der Waals surface area contributed by atoms with Crippen molar-refractivity contribution in [2.45, 2.75) is 71.9 Å². The van der Waals surface area contributed by atoms with Gasteiger partial charge in [-0.25, -0.2) is 0 Å². The molecule has 0 aromatic heterocycles. The van der Waals surface area contributed by atoms with E-state index in [1.807, 2.05) is 0 Å². The lowest BCUT2D eigenvalue weighted by Crippen LogP contribution is -2.49. The highest BCUT2D eigenvalue weighted by Gasteiger charge is 2.32. The number of piperidine rings is 1. The lowest BCUT2D eigenvalue weighted by molar-refractivity contribution is 0.0463. The fourth-order valence-electron chi connectivity index (χ4n) is 4.06. The average molecular weight is 266 g/mol. The summed E-state index contributed by atoms with van der Waals surface area (Å²) in [5, 5.41) is 3.49. The van der Waals surface area contributed by atoms with Crippen molar-refractivity contribution in [2.75, 3.05) is 19.6 Å². The molecule has 1 saturated heterocycles. The van der Waals surface area contributed by atoms with Crippen LogP contribution < -0.4 is 5.32 Å². The maximum atomic E-state index is 3.49. The first-order valence-corrected chi connectivity index (χ1v) is 8.54. The Morgan fingerprint density at radius 3 is 2.37 bits per heavy atom. The van der Waals surface area contributed by atoms with Gasteiger partial charge in [0.2, 0.25) is 0 Å². The summed E-state index contributed by atoms with van der Waals surface area (Å²) in [5.74, 6) is 2.74. The lowest BCUT2D eigenvalue weighted by atomic mass is 9.78. The van der Waals surface area contributed by atoms with Gasteiger partial charge >= 0.3 is 0 Å². The number of hydrogen-bond acceptors (Lipinski definition) is 2. The average Bonchev–Trinajstić information content (AvgIpc) is 2.40. The van der Waals surface area contributed by atoms with Gasteiger partial charge in [-0.2, -0.15) is 0 Å². The molecular formula is C17H34N2. The highest BCUT2D eigenvalue weighted by atomic mass is 15.2. The summed E-state index contributed by atoms with van der Waals surface area (Å²) in [5.41, 5.74) is 0. The van der Waals surface area contributed by atoms with Crippen molar-refractivity contribution < 1.29 is 0 Å². The lowest BCUT2D eigenvalue weighted by Gasteiger charge is -2.45. The van der Waals surface area contributed by atoms with E-state index in [1.54, 1.807) is 0 Å². The molecule has 2 aliphatic rings. The Hall–Kier alpha value is -0.0800. The summed E-state index contributed by atoms with van der Waals surface area (Å²) in [7, 11) is 0. The fourth-order valence-corrected chi connectivity index (χ4v) is 4.06. The Balaban J connectivity index is 1.97. The Kier molecular flexibility index (Phi) is 5.70. The van der Waals surface area contributed by atoms with E-state index in [0.717, 1.165) is 23.8 Å². The van der Waals surface area contributed by atoms with Crippen LogP contribution in [0.1, 0.15) is 59.8 Å². The first-order chi connectivity index (χ1) is 9.08. The third-order valence-electron chi connectivity index (χ3n) is 5.43. The molecule has 1 saturated carbocycles. The van der Waals surface area contributed by atoms with E-state index in [-0.39, 0.29) is 0 Å². The van der Waals surface area contributed by atoms with E-state index < -0.39 is 0 Å².